The van der Waals surface area contributed by atoms with Crippen LogP contribution in [0.3, 0.4) is 0 Å². The van der Waals surface area contributed by atoms with Gasteiger partial charge in [-0.2, -0.15) is 0 Å². The molecule has 45 heavy (non-hydrogen) atoms. The summed E-state index contributed by atoms with van der Waals surface area (Å²) in [7, 11) is 0. The van der Waals surface area contributed by atoms with E-state index in [9.17, 15) is 4.79 Å². The van der Waals surface area contributed by atoms with Crippen molar-refractivity contribution in [1.82, 2.24) is 24.3 Å². The number of rotatable bonds is 9. The average molecular weight is 617 g/mol. The second kappa shape index (κ2) is 13.3. The minimum absolute atomic E-state index is 0.318. The molecule has 0 saturated carbocycles. The molecule has 0 aliphatic carbocycles. The lowest BCUT2D eigenvalue weighted by Crippen LogP contribution is -2.37. The van der Waals surface area contributed by atoms with Crippen LogP contribution < -0.4 is 16.0 Å². The highest BCUT2D eigenvalue weighted by Crippen LogP contribution is 2.35. The first kappa shape index (κ1) is 28.7. The zero-order valence-corrected chi connectivity index (χ0v) is 25.3. The van der Waals surface area contributed by atoms with Crippen LogP contribution in [0.1, 0.15) is 5.56 Å². The minimum atomic E-state index is -0.318. The fourth-order valence-electron chi connectivity index (χ4n) is 5.39. The number of urea groups is 1. The maximum absolute atomic E-state index is 12.7. The molecule has 0 atom stereocenters. The molecule has 3 aromatic heterocycles. The highest BCUT2D eigenvalue weighted by atomic mass is 32.1. The van der Waals surface area contributed by atoms with Crippen molar-refractivity contribution in [3.8, 4) is 22.6 Å². The van der Waals surface area contributed by atoms with E-state index in [0.717, 1.165) is 78.2 Å². The summed E-state index contributed by atoms with van der Waals surface area (Å²) in [5.74, 6) is 0.502. The number of ether oxygens (including phenoxy) is 1. The Morgan fingerprint density at radius 3 is 2.56 bits per heavy atom. The van der Waals surface area contributed by atoms with Gasteiger partial charge in [0.25, 0.3) is 0 Å². The second-order valence-corrected chi connectivity index (χ2v) is 11.6. The van der Waals surface area contributed by atoms with Crippen molar-refractivity contribution in [3.63, 3.8) is 0 Å². The van der Waals surface area contributed by atoms with E-state index in [1.54, 1.807) is 17.5 Å². The zero-order chi connectivity index (χ0) is 30.4. The number of nitrogens with zero attached hydrogens (tertiary/aromatic N) is 5. The summed E-state index contributed by atoms with van der Waals surface area (Å²) in [5, 5.41) is 11.2. The quantitative estimate of drug-likeness (QED) is 0.164. The van der Waals surface area contributed by atoms with E-state index >= 15 is 0 Å². The first-order valence-corrected chi connectivity index (χ1v) is 15.7. The van der Waals surface area contributed by atoms with Crippen molar-refractivity contribution in [2.24, 2.45) is 0 Å². The van der Waals surface area contributed by atoms with Gasteiger partial charge in [-0.1, -0.05) is 42.5 Å². The van der Waals surface area contributed by atoms with E-state index in [1.165, 1.54) is 5.56 Å². The van der Waals surface area contributed by atoms with Crippen molar-refractivity contribution in [2.75, 3.05) is 48.8 Å². The minimum Gasteiger partial charge on any atom is -0.379 e. The van der Waals surface area contributed by atoms with Crippen LogP contribution in [0, 0.1) is 0 Å². The number of hydrogen-bond acceptors (Lipinski definition) is 8. The lowest BCUT2D eigenvalue weighted by molar-refractivity contribution is 0.0384. The van der Waals surface area contributed by atoms with Crippen LogP contribution >= 0.6 is 11.3 Å². The number of aromatic nitrogens is 4. The lowest BCUT2D eigenvalue weighted by atomic mass is 10.1. The number of carbonyl (C=O) groups is 1. The van der Waals surface area contributed by atoms with Gasteiger partial charge in [-0.05, 0) is 54.4 Å². The van der Waals surface area contributed by atoms with Crippen molar-refractivity contribution in [2.45, 2.75) is 6.42 Å². The van der Waals surface area contributed by atoms with Crippen LogP contribution in [0.2, 0.25) is 0 Å². The van der Waals surface area contributed by atoms with Gasteiger partial charge in [0, 0.05) is 60.0 Å². The number of hydrogen-bond donors (Lipinski definition) is 3. The Balaban J connectivity index is 1.12. The van der Waals surface area contributed by atoms with Gasteiger partial charge in [0.15, 0.2) is 4.96 Å². The number of carbonyl (C=O) groups excluding carboxylic acids is 1. The molecule has 7 rings (SSSR count). The third-order valence-corrected chi connectivity index (χ3v) is 8.35. The predicted octanol–water partition coefficient (Wildman–Crippen LogP) is 6.78. The number of para-hydroxylation sites is 1. The maximum Gasteiger partial charge on any atom is 0.323 e. The molecule has 0 radical (unpaired) electrons. The zero-order valence-electron chi connectivity index (χ0n) is 24.5. The topological polar surface area (TPSA) is 109 Å². The molecule has 11 heteroatoms. The molecule has 0 unspecified atom stereocenters. The molecule has 226 valence electrons. The number of nitrogens with one attached hydrogen (secondary N) is 3. The van der Waals surface area contributed by atoms with E-state index in [0.29, 0.717) is 11.6 Å². The van der Waals surface area contributed by atoms with Gasteiger partial charge in [0.05, 0.1) is 24.6 Å². The van der Waals surface area contributed by atoms with Crippen LogP contribution in [-0.4, -0.2) is 63.1 Å². The Morgan fingerprint density at radius 1 is 0.867 bits per heavy atom. The largest absolute Gasteiger partial charge is 0.379 e. The number of benzene rings is 3. The molecule has 0 bridgehead atoms. The monoisotopic (exact) mass is 616 g/mol. The highest BCUT2D eigenvalue weighted by molar-refractivity contribution is 7.15. The summed E-state index contributed by atoms with van der Waals surface area (Å²) < 4.78 is 7.52. The molecule has 3 N–H and O–H groups in total. The molecule has 0 spiro atoms. The Labute approximate surface area is 264 Å². The SMILES string of the molecule is O=C(Nc1ccccc1)Nc1cccc(-c2nc3sccn3c2-c2ccnc(Nc3cccc(CCN4CCOCC4)c3)n2)c1. The molecular weight excluding hydrogens is 584 g/mol. The summed E-state index contributed by atoms with van der Waals surface area (Å²) in [4.78, 5) is 30.3. The standard InChI is InChI=1S/C34H32N8O2S/c43-33(37-26-8-2-1-3-9-26)38-28-11-5-7-25(23-28)30-31(42-18-21-45-34(42)40-30)29-12-14-35-32(39-29)36-27-10-4-6-24(22-27)13-15-41-16-19-44-20-17-41/h1-12,14,18,21-23H,13,15-17,19-20H2,(H,35,36,39)(H2,37,38,43). The summed E-state index contributed by atoms with van der Waals surface area (Å²) in [6, 6.07) is 27.0. The molecule has 1 fully saturated rings. The molecule has 2 amide bonds. The third kappa shape index (κ3) is 6.86. The number of thiazole rings is 1. The van der Waals surface area contributed by atoms with Crippen molar-refractivity contribution >= 4 is 45.3 Å². The Kier molecular flexibility index (Phi) is 8.45. The number of fused-ring (bicyclic) bond motifs is 1. The van der Waals surface area contributed by atoms with Crippen LogP contribution in [-0.2, 0) is 11.2 Å². The van der Waals surface area contributed by atoms with Gasteiger partial charge in [-0.3, -0.25) is 9.30 Å². The molecule has 6 aromatic rings. The third-order valence-electron chi connectivity index (χ3n) is 7.59. The van der Waals surface area contributed by atoms with Gasteiger partial charge in [0.2, 0.25) is 5.95 Å². The normalized spacial score (nSPS) is 13.5. The molecule has 1 aliphatic rings. The number of amides is 2. The van der Waals surface area contributed by atoms with Crippen LogP contribution in [0.25, 0.3) is 27.6 Å². The van der Waals surface area contributed by atoms with E-state index < -0.39 is 0 Å². The Morgan fingerprint density at radius 2 is 1.67 bits per heavy atom. The predicted molar refractivity (Wildman–Crippen MR) is 179 cm³/mol. The average Bonchev–Trinajstić information content (AvgIpc) is 3.67. The van der Waals surface area contributed by atoms with E-state index in [2.05, 4.69) is 44.0 Å². The number of morpholine rings is 1. The second-order valence-electron chi connectivity index (χ2n) is 10.7. The van der Waals surface area contributed by atoms with Crippen LogP contribution in [0.4, 0.5) is 27.8 Å². The Bertz CT molecular complexity index is 1920. The molecular formula is C34H32N8O2S. The fourth-order valence-corrected chi connectivity index (χ4v) is 6.10. The van der Waals surface area contributed by atoms with E-state index in [1.807, 2.05) is 82.7 Å². The smallest absolute Gasteiger partial charge is 0.323 e. The first-order chi connectivity index (χ1) is 22.2. The Hall–Kier alpha value is -5.10. The first-order valence-electron chi connectivity index (χ1n) is 14.9. The highest BCUT2D eigenvalue weighted by Gasteiger charge is 2.19. The molecule has 10 nitrogen and oxygen atoms in total. The van der Waals surface area contributed by atoms with E-state index in [-0.39, 0.29) is 6.03 Å². The molecule has 3 aromatic carbocycles. The van der Waals surface area contributed by atoms with Crippen LogP contribution in [0.5, 0.6) is 0 Å². The molecule has 1 saturated heterocycles. The van der Waals surface area contributed by atoms with Crippen LogP contribution in [0.15, 0.2) is 103 Å². The van der Waals surface area contributed by atoms with Crippen molar-refractivity contribution in [1.29, 1.82) is 0 Å². The van der Waals surface area contributed by atoms with E-state index in [4.69, 9.17) is 14.7 Å². The molecule has 4 heterocycles. The van der Waals surface area contributed by atoms with Gasteiger partial charge >= 0.3 is 6.03 Å². The summed E-state index contributed by atoms with van der Waals surface area (Å²) >= 11 is 1.55. The number of imidazole rings is 1. The fraction of sp³-hybridized carbons (Fsp3) is 0.176. The van der Waals surface area contributed by atoms with Gasteiger partial charge < -0.3 is 20.7 Å². The lowest BCUT2D eigenvalue weighted by Gasteiger charge is -2.26. The van der Waals surface area contributed by atoms with Gasteiger partial charge in [0.1, 0.15) is 5.69 Å². The van der Waals surface area contributed by atoms with Crippen molar-refractivity contribution < 1.29 is 9.53 Å². The summed E-state index contributed by atoms with van der Waals surface area (Å²) in [6.45, 7) is 4.59. The maximum atomic E-state index is 12.7. The van der Waals surface area contributed by atoms with Gasteiger partial charge in [-0.25, -0.2) is 19.7 Å². The molecule has 1 aliphatic heterocycles. The number of anilines is 4. The van der Waals surface area contributed by atoms with Crippen molar-refractivity contribution in [3.05, 3.63) is 108 Å². The summed E-state index contributed by atoms with van der Waals surface area (Å²) in [6.07, 6.45) is 4.72. The van der Waals surface area contributed by atoms with Gasteiger partial charge in [-0.15, -0.1) is 11.3 Å². The summed E-state index contributed by atoms with van der Waals surface area (Å²) in [5.41, 5.74) is 6.78.